The van der Waals surface area contributed by atoms with Gasteiger partial charge in [-0.25, -0.2) is 4.79 Å². The lowest BCUT2D eigenvalue weighted by Crippen LogP contribution is -2.59. The molecule has 1 heterocycles. The van der Waals surface area contributed by atoms with Gasteiger partial charge in [-0.3, -0.25) is 14.5 Å². The summed E-state index contributed by atoms with van der Waals surface area (Å²) in [6.07, 6.45) is 0.295. The van der Waals surface area contributed by atoms with Gasteiger partial charge in [-0.2, -0.15) is 12.6 Å². The maximum absolute atomic E-state index is 12.6. The van der Waals surface area contributed by atoms with E-state index in [9.17, 15) is 14.4 Å². The summed E-state index contributed by atoms with van der Waals surface area (Å²) in [6.45, 7) is 2.87. The zero-order valence-corrected chi connectivity index (χ0v) is 18.5. The summed E-state index contributed by atoms with van der Waals surface area (Å²) in [5.74, 6) is -1.81. The summed E-state index contributed by atoms with van der Waals surface area (Å²) >= 11 is 21.2. The third-order valence-corrected chi connectivity index (χ3v) is 5.06. The molecular weight excluding hydrogens is 445 g/mol. The van der Waals surface area contributed by atoms with Crippen LogP contribution in [0, 0.1) is 5.92 Å². The van der Waals surface area contributed by atoms with Crippen molar-refractivity contribution in [3.63, 3.8) is 0 Å². The lowest BCUT2D eigenvalue weighted by atomic mass is 9.89. The first-order valence-corrected chi connectivity index (χ1v) is 10.1. The van der Waals surface area contributed by atoms with Gasteiger partial charge < -0.3 is 4.74 Å². The molecule has 5 nitrogen and oxygen atoms in total. The summed E-state index contributed by atoms with van der Waals surface area (Å²) in [7, 11) is 0. The Hall–Kier alpha value is -1.21. The molecule has 1 aromatic rings. The van der Waals surface area contributed by atoms with E-state index in [1.165, 1.54) is 4.90 Å². The van der Waals surface area contributed by atoms with Gasteiger partial charge in [0.2, 0.25) is 9.70 Å². The van der Waals surface area contributed by atoms with E-state index < -0.39 is 27.7 Å². The van der Waals surface area contributed by atoms with Crippen molar-refractivity contribution in [1.29, 1.82) is 0 Å². The third kappa shape index (κ3) is 5.89. The van der Waals surface area contributed by atoms with Crippen molar-refractivity contribution >= 4 is 65.1 Å². The molecule has 1 aliphatic rings. The Bertz CT molecular complexity index is 788. The van der Waals surface area contributed by atoms with Crippen LogP contribution in [-0.2, 0) is 25.5 Å². The topological polar surface area (TPSA) is 63.7 Å². The SMILES string of the molecule is CC(C)=C(C(=O)OCC(Cl)(Cl)Cl)N1C(=O)[C@@H](CC(=O)Cc2ccccc2)[C@H]1S. The van der Waals surface area contributed by atoms with Crippen molar-refractivity contribution in [2.24, 2.45) is 5.92 Å². The number of esters is 1. The van der Waals surface area contributed by atoms with E-state index in [1.807, 2.05) is 30.3 Å². The first kappa shape index (κ1) is 23.1. The van der Waals surface area contributed by atoms with Gasteiger partial charge >= 0.3 is 5.97 Å². The summed E-state index contributed by atoms with van der Waals surface area (Å²) in [5.41, 5.74) is 1.48. The fourth-order valence-electron chi connectivity index (χ4n) is 2.87. The van der Waals surface area contributed by atoms with Gasteiger partial charge in [0.15, 0.2) is 0 Å². The van der Waals surface area contributed by atoms with E-state index in [1.54, 1.807) is 13.8 Å². The number of halogens is 3. The molecule has 1 fully saturated rings. The third-order valence-electron chi connectivity index (χ3n) is 4.15. The van der Waals surface area contributed by atoms with Crippen molar-refractivity contribution in [1.82, 2.24) is 4.90 Å². The number of thiol groups is 1. The molecule has 0 unspecified atom stereocenters. The summed E-state index contributed by atoms with van der Waals surface area (Å²) in [4.78, 5) is 38.5. The molecule has 28 heavy (non-hydrogen) atoms. The average molecular weight is 465 g/mol. The molecule has 1 aliphatic heterocycles. The first-order valence-electron chi connectivity index (χ1n) is 8.49. The molecule has 0 spiro atoms. The molecule has 0 bridgehead atoms. The van der Waals surface area contributed by atoms with E-state index in [4.69, 9.17) is 39.5 Å². The van der Waals surface area contributed by atoms with Crippen molar-refractivity contribution in [3.05, 3.63) is 47.2 Å². The minimum absolute atomic E-state index is 0.0472. The number of rotatable bonds is 7. The number of benzene rings is 1. The minimum Gasteiger partial charge on any atom is -0.456 e. The Balaban J connectivity index is 2.02. The van der Waals surface area contributed by atoms with Crippen LogP contribution < -0.4 is 0 Å². The Labute approximate surface area is 184 Å². The lowest BCUT2D eigenvalue weighted by Gasteiger charge is -2.45. The van der Waals surface area contributed by atoms with Gasteiger partial charge in [0.1, 0.15) is 18.1 Å². The summed E-state index contributed by atoms with van der Waals surface area (Å²) < 4.78 is 3.24. The molecule has 2 atom stereocenters. The number of carbonyl (C=O) groups is 3. The van der Waals surface area contributed by atoms with E-state index in [0.29, 0.717) is 5.57 Å². The van der Waals surface area contributed by atoms with E-state index >= 15 is 0 Å². The van der Waals surface area contributed by atoms with Crippen molar-refractivity contribution in [2.45, 2.75) is 35.9 Å². The van der Waals surface area contributed by atoms with Gasteiger partial charge in [-0.05, 0) is 25.0 Å². The number of allylic oxidation sites excluding steroid dienone is 1. The van der Waals surface area contributed by atoms with Crippen LogP contribution in [-0.4, -0.2) is 38.3 Å². The Morgan fingerprint density at radius 2 is 1.79 bits per heavy atom. The number of hydrogen-bond acceptors (Lipinski definition) is 5. The molecule has 152 valence electrons. The normalized spacial score (nSPS) is 19.1. The van der Waals surface area contributed by atoms with E-state index in [0.717, 1.165) is 5.56 Å². The van der Waals surface area contributed by atoms with Crippen molar-refractivity contribution in [2.75, 3.05) is 6.61 Å². The Morgan fingerprint density at radius 1 is 1.18 bits per heavy atom. The largest absolute Gasteiger partial charge is 0.456 e. The number of ketones is 1. The monoisotopic (exact) mass is 463 g/mol. The highest BCUT2D eigenvalue weighted by atomic mass is 35.6. The lowest BCUT2D eigenvalue weighted by molar-refractivity contribution is -0.155. The van der Waals surface area contributed by atoms with Crippen LogP contribution in [0.1, 0.15) is 25.8 Å². The highest BCUT2D eigenvalue weighted by Crippen LogP contribution is 2.37. The predicted molar refractivity (Wildman–Crippen MR) is 113 cm³/mol. The van der Waals surface area contributed by atoms with Crippen LogP contribution >= 0.6 is 47.4 Å². The van der Waals surface area contributed by atoms with Crippen LogP contribution in [0.5, 0.6) is 0 Å². The maximum Gasteiger partial charge on any atom is 0.355 e. The van der Waals surface area contributed by atoms with Gasteiger partial charge in [0, 0.05) is 12.8 Å². The molecule has 0 aromatic heterocycles. The fraction of sp³-hybridized carbons (Fsp3) is 0.421. The molecule has 0 aliphatic carbocycles. The average Bonchev–Trinajstić information content (AvgIpc) is 2.61. The molecule has 2 rings (SSSR count). The van der Waals surface area contributed by atoms with Gasteiger partial charge in [0.25, 0.3) is 0 Å². The standard InChI is InChI=1S/C19H20Cl3NO4S/c1-11(2)15(18(26)27-10-19(20,21)22)23-16(25)14(17(23)28)9-13(24)8-12-6-4-3-5-7-12/h3-7,14,17,28H,8-10H2,1-2H3/t14-,17-/m1/s1. The van der Waals surface area contributed by atoms with Crippen molar-refractivity contribution in [3.8, 4) is 0 Å². The van der Waals surface area contributed by atoms with Gasteiger partial charge in [-0.15, -0.1) is 0 Å². The molecule has 0 N–H and O–H groups in total. The van der Waals surface area contributed by atoms with Crippen LogP contribution in [0.3, 0.4) is 0 Å². The van der Waals surface area contributed by atoms with Crippen LogP contribution in [0.15, 0.2) is 41.6 Å². The smallest absolute Gasteiger partial charge is 0.355 e. The maximum atomic E-state index is 12.6. The molecular formula is C19H20Cl3NO4S. The quantitative estimate of drug-likeness (QED) is 0.217. The molecule has 9 heteroatoms. The number of amides is 1. The second kappa shape index (κ2) is 9.53. The number of hydrogen-bond donors (Lipinski definition) is 1. The predicted octanol–water partition coefficient (Wildman–Crippen LogP) is 4.11. The Kier molecular flexibility index (Phi) is 7.85. The number of β-lactam (4-membered cyclic amide) rings is 1. The zero-order valence-electron chi connectivity index (χ0n) is 15.3. The molecule has 1 saturated heterocycles. The number of Topliss-reactive ketones (excluding diaryl/α,β-unsaturated/α-hetero) is 1. The number of carbonyl (C=O) groups excluding carboxylic acids is 3. The second-order valence-electron chi connectivity index (χ2n) is 6.67. The fourth-order valence-corrected chi connectivity index (χ4v) is 3.50. The highest BCUT2D eigenvalue weighted by Gasteiger charge is 2.49. The number of alkyl halides is 3. The minimum atomic E-state index is -1.76. The molecule has 0 radical (unpaired) electrons. The van der Waals surface area contributed by atoms with Gasteiger partial charge in [0.05, 0.1) is 11.3 Å². The highest BCUT2D eigenvalue weighted by molar-refractivity contribution is 7.81. The number of ether oxygens (including phenoxy) is 1. The van der Waals surface area contributed by atoms with E-state index in [-0.39, 0.29) is 30.2 Å². The van der Waals surface area contributed by atoms with Crippen LogP contribution in [0.2, 0.25) is 0 Å². The molecule has 1 amide bonds. The van der Waals surface area contributed by atoms with Gasteiger partial charge in [-0.1, -0.05) is 65.1 Å². The molecule has 1 aromatic carbocycles. The first-order chi connectivity index (χ1) is 13.0. The second-order valence-corrected chi connectivity index (χ2v) is 9.72. The van der Waals surface area contributed by atoms with E-state index in [2.05, 4.69) is 12.6 Å². The summed E-state index contributed by atoms with van der Waals surface area (Å²) in [6, 6.07) is 9.28. The molecule has 0 saturated carbocycles. The zero-order chi connectivity index (χ0) is 21.1. The van der Waals surface area contributed by atoms with Crippen LogP contribution in [0.4, 0.5) is 0 Å². The number of likely N-dealkylation sites (tertiary alicyclic amines) is 1. The summed E-state index contributed by atoms with van der Waals surface area (Å²) in [5, 5.41) is -0.613. The Morgan fingerprint density at radius 3 is 2.29 bits per heavy atom. The van der Waals surface area contributed by atoms with Crippen LogP contribution in [0.25, 0.3) is 0 Å². The van der Waals surface area contributed by atoms with Crippen molar-refractivity contribution < 1.29 is 19.1 Å². The number of nitrogens with zero attached hydrogens (tertiary/aromatic N) is 1.